The van der Waals surface area contributed by atoms with Gasteiger partial charge in [-0.15, -0.1) is 11.8 Å². The van der Waals surface area contributed by atoms with E-state index in [9.17, 15) is 4.79 Å². The van der Waals surface area contributed by atoms with E-state index in [2.05, 4.69) is 16.4 Å². The quantitative estimate of drug-likeness (QED) is 0.738. The molecule has 0 aliphatic carbocycles. The van der Waals surface area contributed by atoms with Crippen LogP contribution >= 0.6 is 11.8 Å². The minimum atomic E-state index is -0.400. The number of carbonyl (C=O) groups is 1. The van der Waals surface area contributed by atoms with Crippen LogP contribution in [0, 0.1) is 11.3 Å². The van der Waals surface area contributed by atoms with Gasteiger partial charge in [-0.1, -0.05) is 0 Å². The summed E-state index contributed by atoms with van der Waals surface area (Å²) >= 11 is 1.77. The lowest BCUT2D eigenvalue weighted by molar-refractivity contribution is -0.131. The molecule has 1 aliphatic rings. The maximum absolute atomic E-state index is 12.0. The van der Waals surface area contributed by atoms with Crippen LogP contribution in [0.2, 0.25) is 0 Å². The average Bonchev–Trinajstić information content (AvgIpc) is 3.08. The Balaban J connectivity index is 1.64. The molecule has 0 saturated carbocycles. The number of aromatic nitrogens is 1. The Kier molecular flexibility index (Phi) is 6.49. The van der Waals surface area contributed by atoms with Crippen LogP contribution in [0.5, 0.6) is 0 Å². The van der Waals surface area contributed by atoms with E-state index < -0.39 is 6.04 Å². The number of nitrogens with zero attached hydrogens (tertiary/aromatic N) is 3. The Bertz CT molecular complexity index is 539. The predicted molar refractivity (Wildman–Crippen MR) is 88.3 cm³/mol. The zero-order valence-corrected chi connectivity index (χ0v) is 13.3. The summed E-state index contributed by atoms with van der Waals surface area (Å²) in [6.07, 6.45) is 4.10. The fourth-order valence-corrected chi connectivity index (χ4v) is 3.23. The molecule has 2 heterocycles. The number of carbonyl (C=O) groups excluding carboxylic acids is 1. The minimum Gasteiger partial charge on any atom is -0.369 e. The summed E-state index contributed by atoms with van der Waals surface area (Å²) in [5.74, 6) is 2.45. The second kappa shape index (κ2) is 8.61. The number of pyridine rings is 1. The van der Waals surface area contributed by atoms with Gasteiger partial charge in [0.2, 0.25) is 5.91 Å². The van der Waals surface area contributed by atoms with Crippen LogP contribution in [-0.2, 0) is 4.79 Å². The Morgan fingerprint density at radius 1 is 1.59 bits per heavy atom. The van der Waals surface area contributed by atoms with Crippen LogP contribution < -0.4 is 11.1 Å². The van der Waals surface area contributed by atoms with Crippen molar-refractivity contribution in [1.82, 2.24) is 9.88 Å². The van der Waals surface area contributed by atoms with E-state index in [1.54, 1.807) is 30.1 Å². The van der Waals surface area contributed by atoms with Crippen molar-refractivity contribution in [2.24, 2.45) is 5.73 Å². The number of unbranched alkanes of at least 4 members (excludes halogenated alkanes) is 1. The number of hydrogen-bond donors (Lipinski definition) is 2. The van der Waals surface area contributed by atoms with Crippen LogP contribution in [0.4, 0.5) is 5.82 Å². The monoisotopic (exact) mass is 319 g/mol. The van der Waals surface area contributed by atoms with Gasteiger partial charge in [0.15, 0.2) is 0 Å². The smallest absolute Gasteiger partial charge is 0.240 e. The van der Waals surface area contributed by atoms with E-state index in [1.807, 2.05) is 4.90 Å². The van der Waals surface area contributed by atoms with Gasteiger partial charge in [0.1, 0.15) is 11.9 Å². The number of nitriles is 1. The van der Waals surface area contributed by atoms with Gasteiger partial charge in [0.05, 0.1) is 17.5 Å². The third-order valence-electron chi connectivity index (χ3n) is 3.54. The van der Waals surface area contributed by atoms with Crippen LogP contribution in [-0.4, -0.2) is 46.6 Å². The largest absolute Gasteiger partial charge is 0.369 e. The first kappa shape index (κ1) is 16.6. The number of nitrogens with two attached hydrogens (primary N) is 1. The molecule has 0 aromatic carbocycles. The SMILES string of the molecule is N#Cc1cccnc1NCCCCC(N)C(=O)N1CCSC1. The van der Waals surface area contributed by atoms with Crippen molar-refractivity contribution in [3.8, 4) is 6.07 Å². The summed E-state index contributed by atoms with van der Waals surface area (Å²) in [5.41, 5.74) is 6.50. The van der Waals surface area contributed by atoms with Gasteiger partial charge in [-0.25, -0.2) is 4.98 Å². The summed E-state index contributed by atoms with van der Waals surface area (Å²) in [5, 5.41) is 12.1. The van der Waals surface area contributed by atoms with Crippen molar-refractivity contribution in [3.05, 3.63) is 23.9 Å². The maximum Gasteiger partial charge on any atom is 0.240 e. The van der Waals surface area contributed by atoms with Gasteiger partial charge in [-0.05, 0) is 31.4 Å². The molecule has 1 aromatic heterocycles. The molecule has 7 heteroatoms. The van der Waals surface area contributed by atoms with E-state index in [0.717, 1.165) is 31.0 Å². The number of hydrogen-bond acceptors (Lipinski definition) is 6. The fraction of sp³-hybridized carbons (Fsp3) is 0.533. The summed E-state index contributed by atoms with van der Waals surface area (Å²) < 4.78 is 0. The van der Waals surface area contributed by atoms with Gasteiger partial charge in [0.25, 0.3) is 0 Å². The molecule has 118 valence electrons. The van der Waals surface area contributed by atoms with Crippen LogP contribution in [0.3, 0.4) is 0 Å². The zero-order chi connectivity index (χ0) is 15.8. The van der Waals surface area contributed by atoms with Gasteiger partial charge >= 0.3 is 0 Å². The molecule has 1 amide bonds. The van der Waals surface area contributed by atoms with Crippen molar-refractivity contribution in [3.63, 3.8) is 0 Å². The van der Waals surface area contributed by atoms with Crippen molar-refractivity contribution < 1.29 is 4.79 Å². The minimum absolute atomic E-state index is 0.0643. The second-order valence-electron chi connectivity index (χ2n) is 5.18. The highest BCUT2D eigenvalue weighted by molar-refractivity contribution is 7.99. The van der Waals surface area contributed by atoms with Crippen molar-refractivity contribution in [2.75, 3.05) is 30.0 Å². The molecule has 1 unspecified atom stereocenters. The average molecular weight is 319 g/mol. The summed E-state index contributed by atoms with van der Waals surface area (Å²) in [4.78, 5) is 18.0. The topological polar surface area (TPSA) is 95.0 Å². The lowest BCUT2D eigenvalue weighted by Gasteiger charge is -2.19. The highest BCUT2D eigenvalue weighted by Crippen LogP contribution is 2.15. The molecular formula is C15H21N5OS. The van der Waals surface area contributed by atoms with E-state index in [1.165, 1.54) is 0 Å². The molecule has 22 heavy (non-hydrogen) atoms. The van der Waals surface area contributed by atoms with Crippen LogP contribution in [0.25, 0.3) is 0 Å². The molecule has 1 fully saturated rings. The number of rotatable bonds is 7. The third kappa shape index (κ3) is 4.61. The number of nitrogens with one attached hydrogen (secondary N) is 1. The zero-order valence-electron chi connectivity index (χ0n) is 12.5. The molecule has 1 saturated heterocycles. The number of anilines is 1. The van der Waals surface area contributed by atoms with E-state index in [-0.39, 0.29) is 5.91 Å². The first-order chi connectivity index (χ1) is 10.7. The molecule has 6 nitrogen and oxygen atoms in total. The lowest BCUT2D eigenvalue weighted by Crippen LogP contribution is -2.42. The highest BCUT2D eigenvalue weighted by Gasteiger charge is 2.23. The summed E-state index contributed by atoms with van der Waals surface area (Å²) in [6, 6.07) is 5.18. The molecule has 0 radical (unpaired) electrons. The summed E-state index contributed by atoms with van der Waals surface area (Å²) in [6.45, 7) is 1.53. The molecule has 1 aliphatic heterocycles. The Morgan fingerprint density at radius 2 is 2.45 bits per heavy atom. The summed E-state index contributed by atoms with van der Waals surface area (Å²) in [7, 11) is 0. The van der Waals surface area contributed by atoms with E-state index in [0.29, 0.717) is 24.3 Å². The standard InChI is InChI=1S/C15H21N5OS/c16-10-12-4-3-7-19-14(12)18-6-2-1-5-13(17)15(21)20-8-9-22-11-20/h3-4,7,13H,1-2,5-6,8-9,11,17H2,(H,18,19). The number of amides is 1. The molecule has 0 spiro atoms. The first-order valence-corrected chi connectivity index (χ1v) is 8.59. The predicted octanol–water partition coefficient (Wildman–Crippen LogP) is 1.40. The van der Waals surface area contributed by atoms with Gasteiger partial charge in [-0.2, -0.15) is 5.26 Å². The van der Waals surface area contributed by atoms with Crippen molar-refractivity contribution >= 4 is 23.5 Å². The van der Waals surface area contributed by atoms with Crippen molar-refractivity contribution in [1.29, 1.82) is 5.26 Å². The molecular weight excluding hydrogens is 298 g/mol. The maximum atomic E-state index is 12.0. The molecule has 0 bridgehead atoms. The van der Waals surface area contributed by atoms with Gasteiger partial charge in [-0.3, -0.25) is 4.79 Å². The first-order valence-electron chi connectivity index (χ1n) is 7.43. The lowest BCUT2D eigenvalue weighted by atomic mass is 10.1. The van der Waals surface area contributed by atoms with Crippen LogP contribution in [0.1, 0.15) is 24.8 Å². The molecule has 2 rings (SSSR count). The van der Waals surface area contributed by atoms with Gasteiger partial charge < -0.3 is 16.0 Å². The van der Waals surface area contributed by atoms with Crippen LogP contribution in [0.15, 0.2) is 18.3 Å². The van der Waals surface area contributed by atoms with E-state index in [4.69, 9.17) is 11.0 Å². The Labute approximate surface area is 135 Å². The second-order valence-corrected chi connectivity index (χ2v) is 6.25. The third-order valence-corrected chi connectivity index (χ3v) is 4.51. The number of thioether (sulfide) groups is 1. The Morgan fingerprint density at radius 3 is 3.18 bits per heavy atom. The van der Waals surface area contributed by atoms with E-state index >= 15 is 0 Å². The molecule has 1 aromatic rings. The normalized spacial score (nSPS) is 15.4. The molecule has 1 atom stereocenters. The molecule has 3 N–H and O–H groups in total. The van der Waals surface area contributed by atoms with Crippen molar-refractivity contribution in [2.45, 2.75) is 25.3 Å². The fourth-order valence-electron chi connectivity index (χ4n) is 2.28. The van der Waals surface area contributed by atoms with Gasteiger partial charge in [0, 0.05) is 25.0 Å². The highest BCUT2D eigenvalue weighted by atomic mass is 32.2. The Hall–Kier alpha value is -1.78.